The van der Waals surface area contributed by atoms with Gasteiger partial charge in [0.2, 0.25) is 0 Å². The molecule has 0 atom stereocenters. The Balaban J connectivity index is 1.27. The SMILES string of the molecule is CN(c1ncnc2[nH]ccc12)C1CCC(CS(=O)(=O)CC2CCC(C(C)(C)O)CC2)CC1. The van der Waals surface area contributed by atoms with Crippen molar-refractivity contribution in [3.8, 4) is 0 Å². The maximum absolute atomic E-state index is 12.9. The van der Waals surface area contributed by atoms with Crippen LogP contribution in [0.4, 0.5) is 5.82 Å². The predicted molar refractivity (Wildman–Crippen MR) is 128 cm³/mol. The second kappa shape index (κ2) is 9.29. The van der Waals surface area contributed by atoms with Crippen LogP contribution in [0.1, 0.15) is 65.2 Å². The fourth-order valence-electron chi connectivity index (χ4n) is 5.83. The van der Waals surface area contributed by atoms with Crippen LogP contribution in [-0.2, 0) is 9.84 Å². The van der Waals surface area contributed by atoms with Gasteiger partial charge in [-0.25, -0.2) is 18.4 Å². The van der Waals surface area contributed by atoms with E-state index in [9.17, 15) is 13.5 Å². The smallest absolute Gasteiger partial charge is 0.150 e. The fourth-order valence-corrected chi connectivity index (χ4v) is 8.07. The molecule has 2 aliphatic carbocycles. The van der Waals surface area contributed by atoms with Crippen molar-refractivity contribution < 1.29 is 13.5 Å². The van der Waals surface area contributed by atoms with Gasteiger partial charge < -0.3 is 15.0 Å². The normalized spacial score (nSPS) is 27.5. The number of rotatable bonds is 7. The minimum atomic E-state index is -3.05. The van der Waals surface area contributed by atoms with E-state index in [1.807, 2.05) is 26.1 Å². The number of aliphatic hydroxyl groups is 1. The summed E-state index contributed by atoms with van der Waals surface area (Å²) in [6.07, 6.45) is 11.0. The second-order valence-corrected chi connectivity index (χ2v) is 12.8. The molecule has 2 heterocycles. The number of nitrogens with zero attached hydrogens (tertiary/aromatic N) is 3. The number of aromatic nitrogens is 3. The lowest BCUT2D eigenvalue weighted by Gasteiger charge is -2.36. The van der Waals surface area contributed by atoms with Crippen molar-refractivity contribution in [2.45, 2.75) is 76.9 Å². The van der Waals surface area contributed by atoms with Crippen LogP contribution in [-0.4, -0.2) is 58.7 Å². The van der Waals surface area contributed by atoms with Crippen molar-refractivity contribution in [2.75, 3.05) is 23.5 Å². The minimum Gasteiger partial charge on any atom is -0.390 e. The molecule has 7 nitrogen and oxygen atoms in total. The standard InChI is InChI=1S/C24H38N4O3S/c1-24(2,29)19-8-4-17(5-9-19)14-32(30,31)15-18-6-10-20(11-7-18)28(3)23-21-12-13-25-22(21)26-16-27-23/h12-13,16-20,29H,4-11,14-15H2,1-3H3,(H,25,26,27). The first-order chi connectivity index (χ1) is 15.1. The zero-order valence-corrected chi connectivity index (χ0v) is 20.4. The Morgan fingerprint density at radius 3 is 2.22 bits per heavy atom. The summed E-state index contributed by atoms with van der Waals surface area (Å²) in [5.74, 6) is 2.38. The Morgan fingerprint density at radius 1 is 1.03 bits per heavy atom. The molecule has 2 saturated carbocycles. The van der Waals surface area contributed by atoms with Crippen LogP contribution >= 0.6 is 0 Å². The first-order valence-corrected chi connectivity index (χ1v) is 13.9. The van der Waals surface area contributed by atoms with Gasteiger partial charge in [0.1, 0.15) is 17.8 Å². The highest BCUT2D eigenvalue weighted by molar-refractivity contribution is 7.91. The van der Waals surface area contributed by atoms with E-state index >= 15 is 0 Å². The predicted octanol–water partition coefficient (Wildman–Crippen LogP) is 3.95. The molecule has 0 radical (unpaired) electrons. The quantitative estimate of drug-likeness (QED) is 0.646. The molecule has 178 valence electrons. The van der Waals surface area contributed by atoms with E-state index in [2.05, 4.69) is 26.9 Å². The van der Waals surface area contributed by atoms with E-state index in [4.69, 9.17) is 0 Å². The fraction of sp³-hybridized carbons (Fsp3) is 0.750. The molecule has 2 N–H and O–H groups in total. The molecule has 2 fully saturated rings. The van der Waals surface area contributed by atoms with Crippen molar-refractivity contribution in [1.82, 2.24) is 15.0 Å². The Morgan fingerprint density at radius 2 is 1.62 bits per heavy atom. The largest absolute Gasteiger partial charge is 0.390 e. The Bertz CT molecular complexity index is 998. The average Bonchev–Trinajstić information content (AvgIpc) is 3.22. The van der Waals surface area contributed by atoms with Crippen molar-refractivity contribution >= 4 is 26.7 Å². The molecule has 2 aliphatic rings. The summed E-state index contributed by atoms with van der Waals surface area (Å²) in [6.45, 7) is 3.74. The van der Waals surface area contributed by atoms with Gasteiger partial charge in [-0.2, -0.15) is 0 Å². The van der Waals surface area contributed by atoms with E-state index in [1.165, 1.54) is 0 Å². The molecular formula is C24H38N4O3S. The highest BCUT2D eigenvalue weighted by Crippen LogP contribution is 2.37. The van der Waals surface area contributed by atoms with E-state index in [0.717, 1.165) is 68.2 Å². The molecule has 2 aromatic rings. The average molecular weight is 463 g/mol. The summed E-state index contributed by atoms with van der Waals surface area (Å²) >= 11 is 0. The van der Waals surface area contributed by atoms with Crippen molar-refractivity contribution in [2.24, 2.45) is 17.8 Å². The Labute approximate surface area is 191 Å². The lowest BCUT2D eigenvalue weighted by Crippen LogP contribution is -2.38. The van der Waals surface area contributed by atoms with Crippen molar-refractivity contribution in [3.63, 3.8) is 0 Å². The number of nitrogens with one attached hydrogen (secondary N) is 1. The first-order valence-electron chi connectivity index (χ1n) is 12.1. The lowest BCUT2D eigenvalue weighted by atomic mass is 9.75. The Kier molecular flexibility index (Phi) is 6.82. The topological polar surface area (TPSA) is 99.2 Å². The second-order valence-electron chi connectivity index (χ2n) is 10.7. The third kappa shape index (κ3) is 5.45. The summed E-state index contributed by atoms with van der Waals surface area (Å²) in [6, 6.07) is 2.38. The van der Waals surface area contributed by atoms with Crippen LogP contribution in [0.2, 0.25) is 0 Å². The van der Waals surface area contributed by atoms with Gasteiger partial charge in [0.05, 0.1) is 22.5 Å². The zero-order chi connectivity index (χ0) is 22.9. The maximum atomic E-state index is 12.9. The monoisotopic (exact) mass is 462 g/mol. The van der Waals surface area contributed by atoms with Gasteiger partial charge in [-0.15, -0.1) is 0 Å². The van der Waals surface area contributed by atoms with Gasteiger partial charge >= 0.3 is 0 Å². The minimum absolute atomic E-state index is 0.252. The van der Waals surface area contributed by atoms with Crippen molar-refractivity contribution in [1.29, 1.82) is 0 Å². The molecule has 32 heavy (non-hydrogen) atoms. The van der Waals surface area contributed by atoms with E-state index < -0.39 is 15.4 Å². The van der Waals surface area contributed by atoms with Crippen LogP contribution < -0.4 is 4.90 Å². The summed E-state index contributed by atoms with van der Waals surface area (Å²) in [5, 5.41) is 11.2. The molecular weight excluding hydrogens is 424 g/mol. The zero-order valence-electron chi connectivity index (χ0n) is 19.6. The highest BCUT2D eigenvalue weighted by Gasteiger charge is 2.34. The number of fused-ring (bicyclic) bond motifs is 1. The molecule has 0 aromatic carbocycles. The van der Waals surface area contributed by atoms with Gasteiger partial charge in [-0.1, -0.05) is 0 Å². The first kappa shape index (κ1) is 23.5. The van der Waals surface area contributed by atoms with Crippen LogP contribution in [0, 0.1) is 17.8 Å². The number of aromatic amines is 1. The summed E-state index contributed by atoms with van der Waals surface area (Å²) in [4.78, 5) is 14.2. The molecule has 0 aliphatic heterocycles. The van der Waals surface area contributed by atoms with E-state index in [0.29, 0.717) is 17.5 Å². The molecule has 0 saturated heterocycles. The molecule has 8 heteroatoms. The van der Waals surface area contributed by atoms with E-state index in [1.54, 1.807) is 6.33 Å². The number of anilines is 1. The highest BCUT2D eigenvalue weighted by atomic mass is 32.2. The molecule has 2 aromatic heterocycles. The number of hydrogen-bond acceptors (Lipinski definition) is 6. The van der Waals surface area contributed by atoms with Crippen LogP contribution in [0.3, 0.4) is 0 Å². The third-order valence-corrected chi connectivity index (χ3v) is 9.81. The van der Waals surface area contributed by atoms with Crippen LogP contribution in [0.15, 0.2) is 18.6 Å². The Hall–Kier alpha value is -1.67. The third-order valence-electron chi connectivity index (χ3n) is 7.86. The number of sulfone groups is 1. The van der Waals surface area contributed by atoms with Crippen LogP contribution in [0.5, 0.6) is 0 Å². The van der Waals surface area contributed by atoms with Gasteiger partial charge in [0.15, 0.2) is 9.84 Å². The summed E-state index contributed by atoms with van der Waals surface area (Å²) < 4.78 is 25.8. The van der Waals surface area contributed by atoms with Gasteiger partial charge in [0, 0.05) is 19.3 Å². The molecule has 0 spiro atoms. The number of hydrogen-bond donors (Lipinski definition) is 2. The van der Waals surface area contributed by atoms with Gasteiger partial charge in [-0.05, 0) is 89.0 Å². The van der Waals surface area contributed by atoms with Gasteiger partial charge in [-0.3, -0.25) is 0 Å². The molecule has 0 amide bonds. The lowest BCUT2D eigenvalue weighted by molar-refractivity contribution is -0.00447. The van der Waals surface area contributed by atoms with Gasteiger partial charge in [0.25, 0.3) is 0 Å². The van der Waals surface area contributed by atoms with E-state index in [-0.39, 0.29) is 17.8 Å². The van der Waals surface area contributed by atoms with Crippen LogP contribution in [0.25, 0.3) is 11.0 Å². The van der Waals surface area contributed by atoms with Crippen molar-refractivity contribution in [3.05, 3.63) is 18.6 Å². The maximum Gasteiger partial charge on any atom is 0.150 e. The number of H-pyrrole nitrogens is 1. The summed E-state index contributed by atoms with van der Waals surface area (Å²) in [5.41, 5.74) is 0.187. The molecule has 4 rings (SSSR count). The molecule has 0 bridgehead atoms. The molecule has 0 unspecified atom stereocenters. The summed E-state index contributed by atoms with van der Waals surface area (Å²) in [7, 11) is -0.962.